The Hall–Kier alpha value is -16.8. The second-order valence-corrected chi connectivity index (χ2v) is 42.7. The minimum absolute atomic E-state index is 0.128. The summed E-state index contributed by atoms with van der Waals surface area (Å²) in [7, 11) is 0. The van der Waals surface area contributed by atoms with Crippen LogP contribution in [-0.2, 0) is 16.2 Å². The Morgan fingerprint density at radius 3 is 0.728 bits per heavy atom. The van der Waals surface area contributed by atoms with Crippen molar-refractivity contribution in [1.82, 2.24) is 44.9 Å². The van der Waals surface area contributed by atoms with E-state index in [1.54, 1.807) is 5.56 Å². The standard InChI is InChI=1S/C45H33N3O.2C45H33N3S/c2*1-4-12-29(13-5-1)42-46-43(30-14-6-2-7-15-30)48-44(47-42)33-20-23-41-37(27-33)36-26-31(19-22-40(36)49-41)32-18-21-35-34-16-8-9-17-38(34)45(39(35)28-32)24-10-3-11-25-45;1-4-12-29(13-5-1)42-46-43(30-14-6-2-7-15-30)48-44(47-42)33-20-23-37-36-22-19-32(27-40(36)49-41(37)28-33)31-18-21-35-34-16-8-9-17-38(34)45(39(35)26-31)24-10-3-11-25-45/h3*1-2,4-9,12-23,26-28H,3,10-11,24-25H2. The molecule has 24 aromatic rings. The SMILES string of the molecule is c1ccc(-c2nc(-c3ccccc3)nc(-c3ccc4c(c3)sc3cc(-c5ccc6c(c5)C5(CCCCC5)c5ccccc5-6)ccc34)n2)cc1.c1ccc(-c2nc(-c3ccccc3)nc(-c3ccc4oc5ccc(-c6ccc7c(c6)C6(CCCCC6)c6ccccc6-7)cc5c4c3)n2)cc1.c1ccc(-c2nc(-c3ccccc3)nc(-c3ccc4sc5ccc(-c6ccc7c(c6)C6(CCCCC6)c6ccccc6-7)cc5c4c3)n2)cc1. The highest BCUT2D eigenvalue weighted by Gasteiger charge is 2.47. The molecule has 702 valence electrons. The summed E-state index contributed by atoms with van der Waals surface area (Å²) in [6.45, 7) is 0. The van der Waals surface area contributed by atoms with E-state index in [4.69, 9.17) is 49.3 Å². The zero-order valence-corrected chi connectivity index (χ0v) is 82.8. The summed E-state index contributed by atoms with van der Waals surface area (Å²) in [6.07, 6.45) is 19.2. The van der Waals surface area contributed by atoms with Gasteiger partial charge in [0.25, 0.3) is 0 Å². The number of nitrogens with zero attached hydrogens (tertiary/aromatic N) is 9. The molecule has 18 aromatic carbocycles. The summed E-state index contributed by atoms with van der Waals surface area (Å²) in [5.74, 6) is 6.02. The molecular weight excluding hydrogens is 1830 g/mol. The van der Waals surface area contributed by atoms with Crippen molar-refractivity contribution < 1.29 is 4.42 Å². The van der Waals surface area contributed by atoms with Crippen molar-refractivity contribution in [3.05, 3.63) is 452 Å². The number of hydrogen-bond donors (Lipinski definition) is 0. The maximum absolute atomic E-state index is 6.37. The van der Waals surface area contributed by atoms with Crippen LogP contribution < -0.4 is 0 Å². The van der Waals surface area contributed by atoms with Crippen LogP contribution in [0.5, 0.6) is 0 Å². The maximum Gasteiger partial charge on any atom is 0.164 e. The summed E-state index contributed by atoms with van der Waals surface area (Å²) in [4.78, 5) is 44.6. The van der Waals surface area contributed by atoms with Crippen LogP contribution in [-0.4, -0.2) is 44.9 Å². The summed E-state index contributed by atoms with van der Waals surface area (Å²) in [5, 5.41) is 7.20. The molecular formula is C135H99N9OS2. The van der Waals surface area contributed by atoms with Crippen LogP contribution >= 0.6 is 22.7 Å². The van der Waals surface area contributed by atoms with Gasteiger partial charge in [0.05, 0.1) is 0 Å². The van der Waals surface area contributed by atoms with Crippen molar-refractivity contribution in [3.63, 3.8) is 0 Å². The van der Waals surface area contributed by atoms with Gasteiger partial charge in [0.1, 0.15) is 11.2 Å². The van der Waals surface area contributed by atoms with Crippen LogP contribution in [0.1, 0.15) is 130 Å². The normalized spacial score (nSPS) is 14.7. The second-order valence-electron chi connectivity index (χ2n) is 40.5. The summed E-state index contributed by atoms with van der Waals surface area (Å²) < 4.78 is 11.5. The third-order valence-corrected chi connectivity index (χ3v) is 34.5. The molecule has 6 aliphatic carbocycles. The zero-order chi connectivity index (χ0) is 97.1. The monoisotopic (exact) mass is 1930 g/mol. The molecule has 0 saturated heterocycles. The molecule has 0 aliphatic heterocycles. The Morgan fingerprint density at radius 1 is 0.156 bits per heavy atom. The molecule has 3 fully saturated rings. The number of fused-ring (bicyclic) bond motifs is 24. The first kappa shape index (κ1) is 88.0. The molecule has 10 nitrogen and oxygen atoms in total. The van der Waals surface area contributed by atoms with Crippen LogP contribution in [0.2, 0.25) is 0 Å². The molecule has 0 amide bonds. The van der Waals surface area contributed by atoms with Gasteiger partial charge < -0.3 is 4.42 Å². The van der Waals surface area contributed by atoms with Crippen LogP contribution in [0.15, 0.2) is 423 Å². The molecule has 6 heterocycles. The minimum Gasteiger partial charge on any atom is -0.456 e. The van der Waals surface area contributed by atoms with E-state index in [9.17, 15) is 0 Å². The van der Waals surface area contributed by atoms with E-state index in [0.717, 1.165) is 72.0 Å². The Bertz CT molecular complexity index is 8750. The highest BCUT2D eigenvalue weighted by atomic mass is 32.1. The average molecular weight is 1930 g/mol. The Morgan fingerprint density at radius 2 is 0.381 bits per heavy atom. The first-order valence-electron chi connectivity index (χ1n) is 52.0. The number of benzene rings is 18. The van der Waals surface area contributed by atoms with Crippen molar-refractivity contribution in [2.24, 2.45) is 0 Å². The van der Waals surface area contributed by atoms with Gasteiger partial charge in [-0.3, -0.25) is 0 Å². The lowest BCUT2D eigenvalue weighted by Crippen LogP contribution is -2.28. The summed E-state index contributed by atoms with van der Waals surface area (Å²) in [6, 6.07) is 150. The van der Waals surface area contributed by atoms with Gasteiger partial charge in [-0.1, -0.05) is 385 Å². The molecule has 12 heteroatoms. The number of rotatable bonds is 12. The molecule has 0 radical (unpaired) electrons. The molecule has 30 rings (SSSR count). The molecule has 0 bridgehead atoms. The van der Waals surface area contributed by atoms with Gasteiger partial charge >= 0.3 is 0 Å². The first-order chi connectivity index (χ1) is 72.7. The van der Waals surface area contributed by atoms with E-state index < -0.39 is 0 Å². The van der Waals surface area contributed by atoms with Gasteiger partial charge in [0.15, 0.2) is 52.4 Å². The van der Waals surface area contributed by atoms with E-state index >= 15 is 0 Å². The predicted octanol–water partition coefficient (Wildman–Crippen LogP) is 35.9. The number of thiophene rings is 2. The Labute approximate surface area is 861 Å². The molecule has 6 aliphatic rings. The van der Waals surface area contributed by atoms with Crippen molar-refractivity contribution in [1.29, 1.82) is 0 Å². The van der Waals surface area contributed by atoms with E-state index in [-0.39, 0.29) is 16.2 Å². The first-order valence-corrected chi connectivity index (χ1v) is 53.6. The molecule has 0 unspecified atom stereocenters. The fraction of sp³-hybridized carbons (Fsp3) is 0.133. The van der Waals surface area contributed by atoms with Crippen LogP contribution in [0.4, 0.5) is 0 Å². The quantitative estimate of drug-likeness (QED) is 0.117. The average Bonchev–Trinajstić information content (AvgIpc) is 1.56. The van der Waals surface area contributed by atoms with Crippen LogP contribution in [0.3, 0.4) is 0 Å². The predicted molar refractivity (Wildman–Crippen MR) is 606 cm³/mol. The highest BCUT2D eigenvalue weighted by Crippen LogP contribution is 2.61. The van der Waals surface area contributed by atoms with E-state index in [1.165, 1.54) is 231 Å². The third kappa shape index (κ3) is 15.5. The fourth-order valence-electron chi connectivity index (χ4n) is 25.1. The van der Waals surface area contributed by atoms with Gasteiger partial charge in [-0.2, -0.15) is 0 Å². The summed E-state index contributed by atoms with van der Waals surface area (Å²) >= 11 is 3.69. The van der Waals surface area contributed by atoms with Crippen LogP contribution in [0.25, 0.3) is 232 Å². The van der Waals surface area contributed by atoms with Crippen molar-refractivity contribution in [2.45, 2.75) is 113 Å². The number of furan rings is 1. The van der Waals surface area contributed by atoms with Crippen molar-refractivity contribution >= 4 is 85.0 Å². The molecule has 0 N–H and O–H groups in total. The molecule has 3 spiro atoms. The van der Waals surface area contributed by atoms with Gasteiger partial charge in [-0.15, -0.1) is 22.7 Å². The Balaban J connectivity index is 0.000000107. The minimum atomic E-state index is 0.128. The smallest absolute Gasteiger partial charge is 0.164 e. The van der Waals surface area contributed by atoms with Crippen molar-refractivity contribution in [3.8, 4) is 169 Å². The lowest BCUT2D eigenvalue weighted by molar-refractivity contribution is 0.353. The zero-order valence-electron chi connectivity index (χ0n) is 81.2. The van der Waals surface area contributed by atoms with Gasteiger partial charge in [-0.05, 0) is 230 Å². The van der Waals surface area contributed by atoms with E-state index in [2.05, 4.69) is 273 Å². The lowest BCUT2D eigenvalue weighted by atomic mass is 9.67. The second kappa shape index (κ2) is 36.5. The lowest BCUT2D eigenvalue weighted by Gasteiger charge is -2.36. The third-order valence-electron chi connectivity index (χ3n) is 32.2. The molecule has 3 saturated carbocycles. The largest absolute Gasteiger partial charge is 0.456 e. The maximum atomic E-state index is 6.37. The van der Waals surface area contributed by atoms with Gasteiger partial charge in [0.2, 0.25) is 0 Å². The molecule has 147 heavy (non-hydrogen) atoms. The highest BCUT2D eigenvalue weighted by molar-refractivity contribution is 7.26. The van der Waals surface area contributed by atoms with Crippen molar-refractivity contribution in [2.75, 3.05) is 0 Å². The Kier molecular flexibility index (Phi) is 21.9. The van der Waals surface area contributed by atoms with Crippen LogP contribution in [0, 0.1) is 0 Å². The van der Waals surface area contributed by atoms with Gasteiger partial charge in [-0.25, -0.2) is 44.9 Å². The molecule has 6 aromatic heterocycles. The number of hydrogen-bond acceptors (Lipinski definition) is 12. The van der Waals surface area contributed by atoms with Gasteiger partial charge in [0, 0.05) is 117 Å². The van der Waals surface area contributed by atoms with E-state index in [0.29, 0.717) is 52.4 Å². The van der Waals surface area contributed by atoms with E-state index in [1.807, 2.05) is 168 Å². The topological polar surface area (TPSA) is 129 Å². The number of aromatic nitrogens is 9. The molecule has 0 atom stereocenters. The fourth-order valence-corrected chi connectivity index (χ4v) is 27.3. The summed E-state index contributed by atoms with van der Waals surface area (Å²) in [5.41, 5.74) is 36.2.